The summed E-state index contributed by atoms with van der Waals surface area (Å²) in [5.74, 6) is -1.10. The maximum atomic E-state index is 11.8. The maximum Gasteiger partial charge on any atom is 0.342 e. The van der Waals surface area contributed by atoms with Gasteiger partial charge in [-0.15, -0.1) is 0 Å². The first-order valence-electron chi connectivity index (χ1n) is 5.73. The third-order valence-electron chi connectivity index (χ3n) is 2.10. The highest BCUT2D eigenvalue weighted by atomic mass is 35.5. The Morgan fingerprint density at radius 3 is 2.53 bits per heavy atom. The van der Waals surface area contributed by atoms with Crippen molar-refractivity contribution in [2.75, 3.05) is 12.3 Å². The molecule has 1 amide bonds. The molecule has 0 aliphatic rings. The lowest BCUT2D eigenvalue weighted by molar-refractivity contribution is -0.125. The van der Waals surface area contributed by atoms with Crippen molar-refractivity contribution in [3.63, 3.8) is 0 Å². The minimum Gasteiger partial charge on any atom is -0.452 e. The van der Waals surface area contributed by atoms with E-state index in [1.807, 2.05) is 20.8 Å². The van der Waals surface area contributed by atoms with Gasteiger partial charge in [-0.1, -0.05) is 17.7 Å². The number of nitrogens with two attached hydrogens (primary N) is 1. The van der Waals surface area contributed by atoms with E-state index in [2.05, 4.69) is 5.32 Å². The number of carbonyl (C=O) groups excluding carboxylic acids is 2. The Kier molecular flexibility index (Phi) is 4.78. The van der Waals surface area contributed by atoms with Gasteiger partial charge in [0.05, 0.1) is 5.02 Å². The number of amides is 1. The van der Waals surface area contributed by atoms with E-state index < -0.39 is 5.97 Å². The molecule has 0 saturated heterocycles. The Balaban J connectivity index is 2.64. The molecule has 0 bridgehead atoms. The maximum absolute atomic E-state index is 11.8. The molecule has 19 heavy (non-hydrogen) atoms. The van der Waals surface area contributed by atoms with Crippen molar-refractivity contribution in [1.29, 1.82) is 0 Å². The lowest BCUT2D eigenvalue weighted by atomic mass is 10.1. The second-order valence-corrected chi connectivity index (χ2v) is 5.49. The molecular weight excluding hydrogens is 268 g/mol. The number of ether oxygens (including phenoxy) is 1. The molecule has 0 aliphatic carbocycles. The quantitative estimate of drug-likeness (QED) is 0.657. The zero-order valence-corrected chi connectivity index (χ0v) is 11.9. The number of esters is 1. The number of benzene rings is 1. The summed E-state index contributed by atoms with van der Waals surface area (Å²) in [6.45, 7) is 5.12. The van der Waals surface area contributed by atoms with Crippen LogP contribution in [0.3, 0.4) is 0 Å². The molecule has 1 aromatic rings. The van der Waals surface area contributed by atoms with Crippen LogP contribution in [0.15, 0.2) is 18.2 Å². The summed E-state index contributed by atoms with van der Waals surface area (Å²) in [5.41, 5.74) is 5.56. The molecule has 0 saturated carbocycles. The van der Waals surface area contributed by atoms with Gasteiger partial charge in [-0.05, 0) is 32.9 Å². The summed E-state index contributed by atoms with van der Waals surface area (Å²) in [6, 6.07) is 4.70. The van der Waals surface area contributed by atoms with Gasteiger partial charge in [0.15, 0.2) is 6.61 Å². The van der Waals surface area contributed by atoms with E-state index in [1.54, 1.807) is 6.07 Å². The smallest absolute Gasteiger partial charge is 0.342 e. The van der Waals surface area contributed by atoms with Crippen molar-refractivity contribution in [1.82, 2.24) is 5.32 Å². The molecule has 5 nitrogen and oxygen atoms in total. The molecule has 0 radical (unpaired) electrons. The van der Waals surface area contributed by atoms with E-state index in [0.29, 0.717) is 0 Å². The highest BCUT2D eigenvalue weighted by Crippen LogP contribution is 2.22. The number of carbonyl (C=O) groups is 2. The standard InChI is InChI=1S/C13H17ClN2O3/c1-13(2,3)16-10(17)7-19-12(18)11-8(14)5-4-6-9(11)15/h4-6H,7,15H2,1-3H3,(H,16,17). The van der Waals surface area contributed by atoms with Crippen LogP contribution in [0.4, 0.5) is 5.69 Å². The van der Waals surface area contributed by atoms with Crippen molar-refractivity contribution < 1.29 is 14.3 Å². The first kappa shape index (κ1) is 15.3. The van der Waals surface area contributed by atoms with Crippen LogP contribution >= 0.6 is 11.6 Å². The number of hydrogen-bond donors (Lipinski definition) is 2. The second-order valence-electron chi connectivity index (χ2n) is 5.08. The van der Waals surface area contributed by atoms with Crippen molar-refractivity contribution in [3.8, 4) is 0 Å². The highest BCUT2D eigenvalue weighted by Gasteiger charge is 2.18. The van der Waals surface area contributed by atoms with Gasteiger partial charge in [-0.3, -0.25) is 4.79 Å². The lowest BCUT2D eigenvalue weighted by Gasteiger charge is -2.20. The number of hydrogen-bond acceptors (Lipinski definition) is 4. The summed E-state index contributed by atoms with van der Waals surface area (Å²) in [4.78, 5) is 23.3. The van der Waals surface area contributed by atoms with Crippen LogP contribution in [0, 0.1) is 0 Å². The summed E-state index contributed by atoms with van der Waals surface area (Å²) >= 11 is 5.86. The molecule has 0 spiro atoms. The van der Waals surface area contributed by atoms with Gasteiger partial charge in [0.25, 0.3) is 5.91 Å². The Morgan fingerprint density at radius 1 is 1.37 bits per heavy atom. The van der Waals surface area contributed by atoms with Gasteiger partial charge >= 0.3 is 5.97 Å². The Hall–Kier alpha value is -1.75. The second kappa shape index (κ2) is 5.93. The first-order chi connectivity index (χ1) is 8.70. The van der Waals surface area contributed by atoms with E-state index in [-0.39, 0.29) is 34.3 Å². The van der Waals surface area contributed by atoms with E-state index in [0.717, 1.165) is 0 Å². The predicted octanol–water partition coefficient (Wildman–Crippen LogP) is 1.99. The number of nitrogen functional groups attached to an aromatic ring is 1. The molecule has 0 atom stereocenters. The van der Waals surface area contributed by atoms with Crippen molar-refractivity contribution in [2.45, 2.75) is 26.3 Å². The molecule has 0 heterocycles. The minimum atomic E-state index is -0.716. The van der Waals surface area contributed by atoms with Crippen molar-refractivity contribution in [2.24, 2.45) is 0 Å². The topological polar surface area (TPSA) is 81.4 Å². The van der Waals surface area contributed by atoms with Gasteiger partial charge in [-0.25, -0.2) is 4.79 Å². The zero-order valence-electron chi connectivity index (χ0n) is 11.1. The molecule has 0 unspecified atom stereocenters. The van der Waals surface area contributed by atoms with Crippen LogP contribution in [0.1, 0.15) is 31.1 Å². The normalized spacial score (nSPS) is 10.9. The molecule has 3 N–H and O–H groups in total. The molecule has 0 fully saturated rings. The van der Waals surface area contributed by atoms with Crippen LogP contribution in [-0.4, -0.2) is 24.0 Å². The Morgan fingerprint density at radius 2 is 2.00 bits per heavy atom. The number of nitrogens with one attached hydrogen (secondary N) is 1. The summed E-state index contributed by atoms with van der Waals surface area (Å²) < 4.78 is 4.88. The van der Waals surface area contributed by atoms with Crippen LogP contribution in [-0.2, 0) is 9.53 Å². The molecule has 0 aromatic heterocycles. The fraction of sp³-hybridized carbons (Fsp3) is 0.385. The average molecular weight is 285 g/mol. The van der Waals surface area contributed by atoms with E-state index >= 15 is 0 Å². The molecule has 104 valence electrons. The molecule has 0 aliphatic heterocycles. The van der Waals surface area contributed by atoms with Gasteiger partial charge < -0.3 is 15.8 Å². The van der Waals surface area contributed by atoms with E-state index in [1.165, 1.54) is 12.1 Å². The highest BCUT2D eigenvalue weighted by molar-refractivity contribution is 6.34. The monoisotopic (exact) mass is 284 g/mol. The minimum absolute atomic E-state index is 0.0766. The van der Waals surface area contributed by atoms with Crippen LogP contribution in [0.2, 0.25) is 5.02 Å². The number of halogens is 1. The third-order valence-corrected chi connectivity index (χ3v) is 2.41. The molecule has 6 heteroatoms. The predicted molar refractivity (Wildman–Crippen MR) is 74.0 cm³/mol. The summed E-state index contributed by atoms with van der Waals surface area (Å²) in [6.07, 6.45) is 0. The fourth-order valence-corrected chi connectivity index (χ4v) is 1.67. The lowest BCUT2D eigenvalue weighted by Crippen LogP contribution is -2.42. The average Bonchev–Trinajstić information content (AvgIpc) is 2.23. The Labute approximate surface area is 117 Å². The van der Waals surface area contributed by atoms with Crippen molar-refractivity contribution in [3.05, 3.63) is 28.8 Å². The van der Waals surface area contributed by atoms with E-state index in [4.69, 9.17) is 22.1 Å². The molecular formula is C13H17ClN2O3. The third kappa shape index (κ3) is 4.79. The van der Waals surface area contributed by atoms with Gasteiger partial charge in [0.1, 0.15) is 5.56 Å². The fourth-order valence-electron chi connectivity index (χ4n) is 1.41. The van der Waals surface area contributed by atoms with Crippen LogP contribution in [0.5, 0.6) is 0 Å². The SMILES string of the molecule is CC(C)(C)NC(=O)COC(=O)c1c(N)cccc1Cl. The molecule has 1 aromatic carbocycles. The van der Waals surface area contributed by atoms with Crippen LogP contribution in [0.25, 0.3) is 0 Å². The van der Waals surface area contributed by atoms with Gasteiger partial charge in [0, 0.05) is 11.2 Å². The number of rotatable bonds is 3. The van der Waals surface area contributed by atoms with E-state index in [9.17, 15) is 9.59 Å². The largest absolute Gasteiger partial charge is 0.452 e. The van der Waals surface area contributed by atoms with Crippen molar-refractivity contribution >= 4 is 29.2 Å². The van der Waals surface area contributed by atoms with Gasteiger partial charge in [-0.2, -0.15) is 0 Å². The number of anilines is 1. The van der Waals surface area contributed by atoms with Crippen LogP contribution < -0.4 is 11.1 Å². The summed E-state index contributed by atoms with van der Waals surface area (Å²) in [7, 11) is 0. The zero-order chi connectivity index (χ0) is 14.6. The van der Waals surface area contributed by atoms with Gasteiger partial charge in [0.2, 0.25) is 0 Å². The molecule has 1 rings (SSSR count). The first-order valence-corrected chi connectivity index (χ1v) is 6.10. The Bertz CT molecular complexity index is 475. The summed E-state index contributed by atoms with van der Waals surface area (Å²) in [5, 5.41) is 2.87.